The van der Waals surface area contributed by atoms with Gasteiger partial charge in [0.25, 0.3) is 0 Å². The summed E-state index contributed by atoms with van der Waals surface area (Å²) in [6, 6.07) is 4.24. The van der Waals surface area contributed by atoms with Gasteiger partial charge in [-0.05, 0) is 51.8 Å². The fraction of sp³-hybridized carbons (Fsp3) is 0.556. The molecule has 0 bridgehead atoms. The van der Waals surface area contributed by atoms with Crippen molar-refractivity contribution in [2.24, 2.45) is 16.6 Å². The molecule has 1 aliphatic carbocycles. The first-order valence-electron chi connectivity index (χ1n) is 8.81. The van der Waals surface area contributed by atoms with E-state index < -0.39 is 26.1 Å². The lowest BCUT2D eigenvalue weighted by Crippen LogP contribution is -2.50. The smallest absolute Gasteiger partial charge is 0.227 e. The minimum atomic E-state index is -3.76. The number of rotatable bonds is 3. The molecule has 7 nitrogen and oxygen atoms in total. The molecular formula is C18H25FN4O3S. The number of amides is 1. The molecule has 0 saturated heterocycles. The summed E-state index contributed by atoms with van der Waals surface area (Å²) in [6.07, 6.45) is 1.71. The summed E-state index contributed by atoms with van der Waals surface area (Å²) in [4.78, 5) is 16.4. The first kappa shape index (κ1) is 19.8. The molecule has 0 aromatic heterocycles. The van der Waals surface area contributed by atoms with E-state index in [1.54, 1.807) is 6.92 Å². The van der Waals surface area contributed by atoms with E-state index in [-0.39, 0.29) is 29.8 Å². The lowest BCUT2D eigenvalue weighted by molar-refractivity contribution is -0.117. The second kappa shape index (κ2) is 6.27. The predicted octanol–water partition coefficient (Wildman–Crippen LogP) is 1.80. The number of nitrogens with zero attached hydrogens (tertiary/aromatic N) is 2. The molecule has 148 valence electrons. The Labute approximate surface area is 158 Å². The van der Waals surface area contributed by atoms with Crippen LogP contribution >= 0.6 is 0 Å². The van der Waals surface area contributed by atoms with Crippen LogP contribution in [0.25, 0.3) is 0 Å². The second-order valence-corrected chi connectivity index (χ2v) is 10.6. The van der Waals surface area contributed by atoms with Gasteiger partial charge < -0.3 is 11.1 Å². The number of amidine groups is 1. The summed E-state index contributed by atoms with van der Waals surface area (Å²) in [7, 11) is -2.33. The highest BCUT2D eigenvalue weighted by Crippen LogP contribution is 2.37. The first-order valence-corrected chi connectivity index (χ1v) is 10.2. The monoisotopic (exact) mass is 396 g/mol. The van der Waals surface area contributed by atoms with Gasteiger partial charge in [0, 0.05) is 30.8 Å². The molecule has 27 heavy (non-hydrogen) atoms. The summed E-state index contributed by atoms with van der Waals surface area (Å²) < 4.78 is 40.0. The minimum absolute atomic E-state index is 0.0118. The third kappa shape index (κ3) is 3.34. The number of nitrogens with one attached hydrogen (secondary N) is 1. The van der Waals surface area contributed by atoms with Gasteiger partial charge in [-0.2, -0.15) is 0 Å². The molecule has 1 aromatic rings. The Morgan fingerprint density at radius 2 is 1.96 bits per heavy atom. The third-order valence-corrected chi connectivity index (χ3v) is 7.78. The number of nitrogens with two attached hydrogens (primary N) is 1. The van der Waals surface area contributed by atoms with Crippen LogP contribution in [0.4, 0.5) is 10.1 Å². The molecule has 1 heterocycles. The highest BCUT2D eigenvalue weighted by Gasteiger charge is 2.48. The average molecular weight is 396 g/mol. The van der Waals surface area contributed by atoms with Crippen molar-refractivity contribution >= 4 is 27.5 Å². The molecule has 0 unspecified atom stereocenters. The molecule has 9 heteroatoms. The fourth-order valence-corrected chi connectivity index (χ4v) is 4.74. The van der Waals surface area contributed by atoms with Crippen molar-refractivity contribution in [2.75, 3.05) is 18.9 Å². The summed E-state index contributed by atoms with van der Waals surface area (Å²) in [6.45, 7) is 4.52. The third-order valence-electron chi connectivity index (χ3n) is 5.33. The van der Waals surface area contributed by atoms with Gasteiger partial charge >= 0.3 is 0 Å². The highest BCUT2D eigenvalue weighted by molar-refractivity contribution is 7.91. The Kier molecular flexibility index (Phi) is 4.59. The van der Waals surface area contributed by atoms with Crippen molar-refractivity contribution in [2.45, 2.75) is 43.9 Å². The molecule has 3 rings (SSSR count). The van der Waals surface area contributed by atoms with E-state index in [9.17, 15) is 17.6 Å². The minimum Gasteiger partial charge on any atom is -0.386 e. The molecule has 1 fully saturated rings. The van der Waals surface area contributed by atoms with Gasteiger partial charge in [0.1, 0.15) is 21.9 Å². The lowest BCUT2D eigenvalue weighted by Gasteiger charge is -2.29. The van der Waals surface area contributed by atoms with Crippen molar-refractivity contribution < 1.29 is 17.6 Å². The topological polar surface area (TPSA) is 105 Å². The van der Waals surface area contributed by atoms with Crippen LogP contribution in [0.1, 0.15) is 39.2 Å². The summed E-state index contributed by atoms with van der Waals surface area (Å²) in [5, 5.41) is 2.78. The molecule has 1 aromatic carbocycles. The van der Waals surface area contributed by atoms with Crippen LogP contribution in [0.2, 0.25) is 0 Å². The van der Waals surface area contributed by atoms with Crippen LogP contribution in [-0.2, 0) is 20.4 Å². The van der Waals surface area contributed by atoms with Gasteiger partial charge in [-0.1, -0.05) is 0 Å². The van der Waals surface area contributed by atoms with Crippen molar-refractivity contribution in [3.8, 4) is 0 Å². The van der Waals surface area contributed by atoms with E-state index in [4.69, 9.17) is 5.73 Å². The van der Waals surface area contributed by atoms with Gasteiger partial charge in [-0.3, -0.25) is 9.79 Å². The Hall–Kier alpha value is -2.00. The second-order valence-electron chi connectivity index (χ2n) is 8.00. The molecule has 1 saturated carbocycles. The maximum Gasteiger partial charge on any atom is 0.227 e. The SMILES string of the molecule is CN1C[C@@](C)(c2cc(NC(=O)C3CC3)ccc2F)N=C(N)C(C)(C)S1(=O)=O. The largest absolute Gasteiger partial charge is 0.386 e. The summed E-state index contributed by atoms with van der Waals surface area (Å²) >= 11 is 0. The quantitative estimate of drug-likeness (QED) is 0.813. The zero-order valence-corrected chi connectivity index (χ0v) is 16.7. The number of likely N-dealkylation sites (N-methyl/N-ethyl adjacent to an activating group) is 1. The average Bonchev–Trinajstić information content (AvgIpc) is 3.40. The molecule has 1 atom stereocenters. The van der Waals surface area contributed by atoms with Crippen molar-refractivity contribution in [3.63, 3.8) is 0 Å². The number of hydrogen-bond donors (Lipinski definition) is 2. The Balaban J connectivity index is 2.06. The zero-order chi connectivity index (χ0) is 20.2. The van der Waals surface area contributed by atoms with E-state index >= 15 is 0 Å². The number of halogens is 1. The Morgan fingerprint density at radius 1 is 1.33 bits per heavy atom. The number of aliphatic imine (C=N–C) groups is 1. The number of anilines is 1. The van der Waals surface area contributed by atoms with E-state index in [1.807, 2.05) is 0 Å². The molecular weight excluding hydrogens is 371 g/mol. The molecule has 0 radical (unpaired) electrons. The number of benzene rings is 1. The van der Waals surface area contributed by atoms with Crippen LogP contribution in [0.3, 0.4) is 0 Å². The first-order chi connectivity index (χ1) is 12.4. The standard InChI is InChI=1S/C18H25FN4O3S/c1-17(2)16(20)22-18(3,10-23(4)27(17,25)26)13-9-12(7-8-14(13)19)21-15(24)11-5-6-11/h7-9,11H,5-6,10H2,1-4H3,(H2,20,22)(H,21,24)/t18-/m0/s1. The predicted molar refractivity (Wildman–Crippen MR) is 102 cm³/mol. The number of carbonyl (C=O) groups is 1. The summed E-state index contributed by atoms with van der Waals surface area (Å²) in [5.74, 6) is -0.703. The van der Waals surface area contributed by atoms with Crippen LogP contribution in [0.5, 0.6) is 0 Å². The van der Waals surface area contributed by atoms with Gasteiger partial charge in [-0.25, -0.2) is 17.1 Å². The molecule has 1 aliphatic heterocycles. The van der Waals surface area contributed by atoms with Crippen LogP contribution in [0, 0.1) is 11.7 Å². The molecule has 3 N–H and O–H groups in total. The lowest BCUT2D eigenvalue weighted by atomic mass is 9.91. The van der Waals surface area contributed by atoms with E-state index in [2.05, 4.69) is 10.3 Å². The van der Waals surface area contributed by atoms with E-state index in [0.29, 0.717) is 5.69 Å². The number of carbonyl (C=O) groups excluding carboxylic acids is 1. The molecule has 2 aliphatic rings. The van der Waals surface area contributed by atoms with Crippen LogP contribution in [-0.4, -0.2) is 42.8 Å². The van der Waals surface area contributed by atoms with Crippen molar-refractivity contribution in [1.29, 1.82) is 0 Å². The van der Waals surface area contributed by atoms with Crippen LogP contribution in [0.15, 0.2) is 23.2 Å². The Bertz CT molecular complexity index is 925. The molecule has 0 spiro atoms. The van der Waals surface area contributed by atoms with Gasteiger partial charge in [0.05, 0.1) is 0 Å². The van der Waals surface area contributed by atoms with Gasteiger partial charge in [0.2, 0.25) is 15.9 Å². The van der Waals surface area contributed by atoms with Gasteiger partial charge in [-0.15, -0.1) is 0 Å². The maximum atomic E-state index is 14.7. The van der Waals surface area contributed by atoms with Crippen molar-refractivity contribution in [1.82, 2.24) is 4.31 Å². The Morgan fingerprint density at radius 3 is 2.56 bits per heavy atom. The highest BCUT2D eigenvalue weighted by atomic mass is 32.2. The summed E-state index contributed by atoms with van der Waals surface area (Å²) in [5.41, 5.74) is 5.43. The number of hydrogen-bond acceptors (Lipinski definition) is 5. The van der Waals surface area contributed by atoms with E-state index in [0.717, 1.165) is 17.1 Å². The van der Waals surface area contributed by atoms with E-state index in [1.165, 1.54) is 39.1 Å². The van der Waals surface area contributed by atoms with Gasteiger partial charge in [0.15, 0.2) is 0 Å². The maximum absolute atomic E-state index is 14.7. The normalized spacial score (nSPS) is 27.5. The molecule has 1 amide bonds. The zero-order valence-electron chi connectivity index (χ0n) is 15.9. The fourth-order valence-electron chi connectivity index (χ4n) is 3.23. The number of sulfonamides is 1. The van der Waals surface area contributed by atoms with Crippen LogP contribution < -0.4 is 11.1 Å². The van der Waals surface area contributed by atoms with Crippen molar-refractivity contribution in [3.05, 3.63) is 29.6 Å².